The first-order valence-corrected chi connectivity index (χ1v) is 10.5. The van der Waals surface area contributed by atoms with Crippen molar-refractivity contribution in [2.45, 2.75) is 55.9 Å². The Bertz CT molecular complexity index is 832. The lowest BCUT2D eigenvalue weighted by Gasteiger charge is -2.32. The second-order valence-corrected chi connectivity index (χ2v) is 8.94. The predicted molar refractivity (Wildman–Crippen MR) is 94.8 cm³/mol. The van der Waals surface area contributed by atoms with Gasteiger partial charge in [0.2, 0.25) is 10.0 Å². The molecule has 25 heavy (non-hydrogen) atoms. The second-order valence-electron chi connectivity index (χ2n) is 7.00. The van der Waals surface area contributed by atoms with Gasteiger partial charge in [0.1, 0.15) is 12.2 Å². The summed E-state index contributed by atoms with van der Waals surface area (Å²) in [5, 5.41) is 8.34. The van der Waals surface area contributed by atoms with Gasteiger partial charge in [-0.3, -0.25) is 0 Å². The maximum absolute atomic E-state index is 12.9. The minimum Gasteiger partial charge on any atom is -0.314 e. The van der Waals surface area contributed by atoms with Crippen LogP contribution in [0.4, 0.5) is 0 Å². The van der Waals surface area contributed by atoms with Crippen LogP contribution in [0.25, 0.3) is 0 Å². The highest BCUT2D eigenvalue weighted by Gasteiger charge is 2.34. The van der Waals surface area contributed by atoms with Gasteiger partial charge in [0, 0.05) is 25.0 Å². The van der Waals surface area contributed by atoms with Crippen molar-refractivity contribution in [1.29, 1.82) is 0 Å². The van der Waals surface area contributed by atoms with Gasteiger partial charge in [-0.05, 0) is 49.8 Å². The molecular formula is C18H24N4O2S. The monoisotopic (exact) mass is 360 g/mol. The Balaban J connectivity index is 1.46. The summed E-state index contributed by atoms with van der Waals surface area (Å²) in [5.41, 5.74) is 1.15. The van der Waals surface area contributed by atoms with Crippen molar-refractivity contribution in [3.63, 3.8) is 0 Å². The molecule has 0 unspecified atom stereocenters. The number of aromatic nitrogens is 3. The van der Waals surface area contributed by atoms with Crippen molar-refractivity contribution in [2.24, 2.45) is 0 Å². The van der Waals surface area contributed by atoms with Gasteiger partial charge in [-0.2, -0.15) is 4.31 Å². The van der Waals surface area contributed by atoms with Crippen LogP contribution >= 0.6 is 0 Å². The van der Waals surface area contributed by atoms with E-state index in [9.17, 15) is 8.42 Å². The number of benzene rings is 1. The molecule has 0 radical (unpaired) electrons. The first kappa shape index (κ1) is 16.7. The molecule has 1 saturated carbocycles. The van der Waals surface area contributed by atoms with Gasteiger partial charge in [0.15, 0.2) is 0 Å². The third-order valence-electron chi connectivity index (χ3n) is 5.33. The van der Waals surface area contributed by atoms with Gasteiger partial charge < -0.3 is 4.57 Å². The molecule has 134 valence electrons. The molecule has 0 atom stereocenters. The predicted octanol–water partition coefficient (Wildman–Crippen LogP) is 2.74. The molecule has 1 aromatic carbocycles. The van der Waals surface area contributed by atoms with Crippen molar-refractivity contribution < 1.29 is 8.42 Å². The Labute approximate surface area is 148 Å². The Morgan fingerprint density at radius 3 is 2.36 bits per heavy atom. The lowest BCUT2D eigenvalue weighted by molar-refractivity contribution is 0.270. The summed E-state index contributed by atoms with van der Waals surface area (Å²) in [6, 6.07) is 7.56. The Morgan fingerprint density at radius 2 is 1.76 bits per heavy atom. The minimum absolute atomic E-state index is 0.305. The molecule has 0 bridgehead atoms. The first-order valence-electron chi connectivity index (χ1n) is 9.08. The number of nitrogens with zero attached hydrogens (tertiary/aromatic N) is 4. The van der Waals surface area contributed by atoms with Gasteiger partial charge in [-0.25, -0.2) is 8.42 Å². The highest BCUT2D eigenvalue weighted by Crippen LogP contribution is 2.40. The maximum atomic E-state index is 12.9. The van der Waals surface area contributed by atoms with Crippen molar-refractivity contribution in [1.82, 2.24) is 19.1 Å². The van der Waals surface area contributed by atoms with Crippen LogP contribution < -0.4 is 0 Å². The molecule has 0 N–H and O–H groups in total. The van der Waals surface area contributed by atoms with E-state index in [0.29, 0.717) is 29.9 Å². The number of hydrogen-bond acceptors (Lipinski definition) is 4. The number of piperidine rings is 1. The average molecular weight is 360 g/mol. The van der Waals surface area contributed by atoms with Gasteiger partial charge in [-0.15, -0.1) is 10.2 Å². The largest absolute Gasteiger partial charge is 0.314 e. The van der Waals surface area contributed by atoms with Crippen LogP contribution in [0.1, 0.15) is 56.0 Å². The normalized spacial score (nSPS) is 20.0. The fourth-order valence-electron chi connectivity index (χ4n) is 3.57. The third kappa shape index (κ3) is 3.22. The number of hydrogen-bond donors (Lipinski definition) is 0. The molecule has 4 rings (SSSR count). The van der Waals surface area contributed by atoms with Crippen LogP contribution in [0, 0.1) is 0 Å². The fourth-order valence-corrected chi connectivity index (χ4v) is 5.04. The summed E-state index contributed by atoms with van der Waals surface area (Å²) < 4.78 is 29.5. The minimum atomic E-state index is -3.40. The molecule has 2 aliphatic rings. The van der Waals surface area contributed by atoms with Crippen molar-refractivity contribution in [3.05, 3.63) is 42.0 Å². The molecule has 2 aromatic rings. The van der Waals surface area contributed by atoms with E-state index >= 15 is 0 Å². The first-order chi connectivity index (χ1) is 12.1. The Kier molecular flexibility index (Phi) is 4.37. The summed E-state index contributed by atoms with van der Waals surface area (Å²) in [6.45, 7) is 3.16. The second kappa shape index (κ2) is 6.53. The molecule has 0 spiro atoms. The van der Waals surface area contributed by atoms with E-state index < -0.39 is 10.0 Å². The van der Waals surface area contributed by atoms with Gasteiger partial charge >= 0.3 is 0 Å². The van der Waals surface area contributed by atoms with Crippen molar-refractivity contribution >= 4 is 10.0 Å². The quantitative estimate of drug-likeness (QED) is 0.822. The van der Waals surface area contributed by atoms with Crippen LogP contribution in [-0.4, -0.2) is 40.6 Å². The molecule has 6 nitrogen and oxygen atoms in total. The highest BCUT2D eigenvalue weighted by molar-refractivity contribution is 7.89. The summed E-state index contributed by atoms with van der Waals surface area (Å²) >= 11 is 0. The smallest absolute Gasteiger partial charge is 0.243 e. The van der Waals surface area contributed by atoms with Crippen LogP contribution in [-0.2, 0) is 16.4 Å². The van der Waals surface area contributed by atoms with E-state index in [0.717, 1.165) is 30.7 Å². The van der Waals surface area contributed by atoms with Crippen molar-refractivity contribution in [3.8, 4) is 0 Å². The van der Waals surface area contributed by atoms with Crippen LogP contribution in [0.15, 0.2) is 35.5 Å². The summed E-state index contributed by atoms with van der Waals surface area (Å²) in [6.07, 6.45) is 6.73. The van der Waals surface area contributed by atoms with E-state index in [-0.39, 0.29) is 0 Å². The molecule has 0 amide bonds. The molecule has 2 heterocycles. The number of aryl methyl sites for hydroxylation is 1. The highest BCUT2D eigenvalue weighted by atomic mass is 32.2. The zero-order valence-corrected chi connectivity index (χ0v) is 15.3. The van der Waals surface area contributed by atoms with Crippen LogP contribution in [0.3, 0.4) is 0 Å². The lowest BCUT2D eigenvalue weighted by Crippen LogP contribution is -2.39. The summed E-state index contributed by atoms with van der Waals surface area (Å²) in [4.78, 5) is 0.395. The Hall–Kier alpha value is -1.73. The summed E-state index contributed by atoms with van der Waals surface area (Å²) in [5.74, 6) is 1.64. The van der Waals surface area contributed by atoms with Gasteiger partial charge in [0.05, 0.1) is 4.90 Å². The topological polar surface area (TPSA) is 68.1 Å². The molecule has 2 fully saturated rings. The standard InChI is InChI=1S/C18H24N4O2S/c1-2-14-3-7-17(8-4-14)25(23,24)21-11-9-16(10-12-21)22-13-19-20-18(22)15-5-6-15/h3-4,7-8,13,15-16H,2,5-6,9-12H2,1H3. The van der Waals surface area contributed by atoms with E-state index in [1.807, 2.05) is 18.5 Å². The third-order valence-corrected chi connectivity index (χ3v) is 7.24. The molecule has 7 heteroatoms. The number of sulfonamides is 1. The van der Waals surface area contributed by atoms with Crippen LogP contribution in [0.5, 0.6) is 0 Å². The van der Waals surface area contributed by atoms with Crippen molar-refractivity contribution in [2.75, 3.05) is 13.1 Å². The average Bonchev–Trinajstić information content (AvgIpc) is 3.38. The number of rotatable bonds is 5. The zero-order chi connectivity index (χ0) is 17.4. The maximum Gasteiger partial charge on any atom is 0.243 e. The molecule has 1 aliphatic heterocycles. The molecule has 1 aromatic heterocycles. The van der Waals surface area contributed by atoms with E-state index in [1.165, 1.54) is 12.8 Å². The Morgan fingerprint density at radius 1 is 1.08 bits per heavy atom. The zero-order valence-electron chi connectivity index (χ0n) is 14.5. The van der Waals surface area contributed by atoms with Gasteiger partial charge in [-0.1, -0.05) is 19.1 Å². The van der Waals surface area contributed by atoms with E-state index in [2.05, 4.69) is 21.7 Å². The molecular weight excluding hydrogens is 336 g/mol. The van der Waals surface area contributed by atoms with Gasteiger partial charge in [0.25, 0.3) is 0 Å². The SMILES string of the molecule is CCc1ccc(S(=O)(=O)N2CCC(n3cnnc3C3CC3)CC2)cc1. The van der Waals surface area contributed by atoms with E-state index in [1.54, 1.807) is 16.4 Å². The summed E-state index contributed by atoms with van der Waals surface area (Å²) in [7, 11) is -3.40. The lowest BCUT2D eigenvalue weighted by atomic mass is 10.1. The van der Waals surface area contributed by atoms with E-state index in [4.69, 9.17) is 0 Å². The fraction of sp³-hybridized carbons (Fsp3) is 0.556. The molecule has 1 saturated heterocycles. The molecule has 1 aliphatic carbocycles. The van der Waals surface area contributed by atoms with Crippen LogP contribution in [0.2, 0.25) is 0 Å².